The quantitative estimate of drug-likeness (QED) is 0.795. The molecule has 3 rings (SSSR count). The number of nitrogens with zero attached hydrogens (tertiary/aromatic N) is 1. The molecule has 1 atom stereocenters. The molecule has 2 aromatic rings. The van der Waals surface area contributed by atoms with Crippen molar-refractivity contribution >= 4 is 23.6 Å². The molecule has 0 aromatic heterocycles. The van der Waals surface area contributed by atoms with Crippen molar-refractivity contribution in [2.24, 2.45) is 0 Å². The van der Waals surface area contributed by atoms with E-state index in [1.54, 1.807) is 28.8 Å². The van der Waals surface area contributed by atoms with E-state index in [0.29, 0.717) is 30.3 Å². The van der Waals surface area contributed by atoms with Crippen LogP contribution >= 0.6 is 11.8 Å². The van der Waals surface area contributed by atoms with Gasteiger partial charge < -0.3 is 15.0 Å². The maximum absolute atomic E-state index is 12.6. The van der Waals surface area contributed by atoms with E-state index in [1.807, 2.05) is 49.4 Å². The lowest BCUT2D eigenvalue weighted by atomic mass is 10.1. The number of benzene rings is 2. The molecule has 136 valence electrons. The van der Waals surface area contributed by atoms with Gasteiger partial charge in [-0.3, -0.25) is 9.59 Å². The summed E-state index contributed by atoms with van der Waals surface area (Å²) in [5, 5.41) is 2.87. The zero-order valence-electron chi connectivity index (χ0n) is 14.7. The molecule has 0 saturated carbocycles. The van der Waals surface area contributed by atoms with Crippen LogP contribution in [0, 0.1) is 6.92 Å². The smallest absolute Gasteiger partial charge is 0.255 e. The van der Waals surface area contributed by atoms with E-state index >= 15 is 0 Å². The Labute approximate surface area is 157 Å². The van der Waals surface area contributed by atoms with Gasteiger partial charge in [0, 0.05) is 11.3 Å². The number of thioether (sulfide) groups is 1. The van der Waals surface area contributed by atoms with Crippen molar-refractivity contribution in [2.45, 2.75) is 13.0 Å². The van der Waals surface area contributed by atoms with Crippen LogP contribution in [-0.2, 0) is 4.79 Å². The fourth-order valence-electron chi connectivity index (χ4n) is 2.70. The van der Waals surface area contributed by atoms with E-state index in [9.17, 15) is 9.59 Å². The molecule has 2 aromatic carbocycles. The van der Waals surface area contributed by atoms with Crippen LogP contribution in [0.4, 0.5) is 0 Å². The van der Waals surface area contributed by atoms with Crippen LogP contribution in [0.2, 0.25) is 0 Å². The zero-order valence-corrected chi connectivity index (χ0v) is 15.5. The van der Waals surface area contributed by atoms with E-state index in [4.69, 9.17) is 4.74 Å². The molecule has 0 aliphatic carbocycles. The molecule has 1 aliphatic heterocycles. The minimum Gasteiger partial charge on any atom is -0.492 e. The maximum Gasteiger partial charge on any atom is 0.255 e. The molecular formula is C20H22N2O3S. The van der Waals surface area contributed by atoms with Gasteiger partial charge in [0.05, 0.1) is 12.4 Å². The first-order chi connectivity index (χ1) is 12.6. The Kier molecular flexibility index (Phi) is 6.17. The van der Waals surface area contributed by atoms with Gasteiger partial charge in [0.1, 0.15) is 18.4 Å². The number of hydrogen-bond acceptors (Lipinski definition) is 4. The van der Waals surface area contributed by atoms with Crippen LogP contribution in [0.15, 0.2) is 54.6 Å². The van der Waals surface area contributed by atoms with Crippen molar-refractivity contribution in [3.05, 3.63) is 65.7 Å². The number of amides is 2. The van der Waals surface area contributed by atoms with Gasteiger partial charge in [-0.15, -0.1) is 11.8 Å². The summed E-state index contributed by atoms with van der Waals surface area (Å²) in [6.45, 7) is 2.81. The summed E-state index contributed by atoms with van der Waals surface area (Å²) in [4.78, 5) is 26.7. The highest BCUT2D eigenvalue weighted by atomic mass is 32.2. The summed E-state index contributed by atoms with van der Waals surface area (Å²) in [6.07, 6.45) is 0. The van der Waals surface area contributed by atoms with Gasteiger partial charge in [-0.05, 0) is 31.2 Å². The highest BCUT2D eigenvalue weighted by Crippen LogP contribution is 2.23. The van der Waals surface area contributed by atoms with Crippen LogP contribution in [0.1, 0.15) is 15.9 Å². The summed E-state index contributed by atoms with van der Waals surface area (Å²) >= 11 is 1.59. The summed E-state index contributed by atoms with van der Waals surface area (Å²) in [6, 6.07) is 16.4. The second-order valence-corrected chi connectivity index (χ2v) is 7.11. The number of ether oxygens (including phenoxy) is 1. The van der Waals surface area contributed by atoms with E-state index in [-0.39, 0.29) is 11.8 Å². The summed E-state index contributed by atoms with van der Waals surface area (Å²) in [7, 11) is 0. The van der Waals surface area contributed by atoms with E-state index in [1.165, 1.54) is 5.56 Å². The SMILES string of the molecule is Cc1ccc(OCCNC(=O)C2CSCN2C(=O)c2ccccc2)cc1. The Bertz CT molecular complexity index is 749. The second-order valence-electron chi connectivity index (χ2n) is 6.11. The van der Waals surface area contributed by atoms with Crippen molar-refractivity contribution in [1.82, 2.24) is 10.2 Å². The van der Waals surface area contributed by atoms with Crippen LogP contribution in [0.25, 0.3) is 0 Å². The molecule has 6 heteroatoms. The monoisotopic (exact) mass is 370 g/mol. The van der Waals surface area contributed by atoms with Crippen molar-refractivity contribution in [1.29, 1.82) is 0 Å². The van der Waals surface area contributed by atoms with Crippen molar-refractivity contribution in [2.75, 3.05) is 24.8 Å². The Balaban J connectivity index is 1.49. The predicted octanol–water partition coefficient (Wildman–Crippen LogP) is 2.71. The van der Waals surface area contributed by atoms with Crippen molar-refractivity contribution in [3.8, 4) is 5.75 Å². The zero-order chi connectivity index (χ0) is 18.4. The number of nitrogens with one attached hydrogen (secondary N) is 1. The minimum absolute atomic E-state index is 0.105. The van der Waals surface area contributed by atoms with Crippen LogP contribution in [0.5, 0.6) is 5.75 Å². The number of rotatable bonds is 6. The third kappa shape index (κ3) is 4.58. The molecule has 1 saturated heterocycles. The number of aryl methyl sites for hydroxylation is 1. The second kappa shape index (κ2) is 8.76. The Hall–Kier alpha value is -2.47. The predicted molar refractivity (Wildman–Crippen MR) is 103 cm³/mol. The maximum atomic E-state index is 12.6. The van der Waals surface area contributed by atoms with Gasteiger partial charge in [0.25, 0.3) is 5.91 Å². The van der Waals surface area contributed by atoms with Gasteiger partial charge in [-0.1, -0.05) is 35.9 Å². The Morgan fingerprint density at radius 2 is 1.88 bits per heavy atom. The number of carbonyl (C=O) groups excluding carboxylic acids is 2. The van der Waals surface area contributed by atoms with Gasteiger partial charge in [0.15, 0.2) is 0 Å². The standard InChI is InChI=1S/C20H22N2O3S/c1-15-7-9-17(10-8-15)25-12-11-21-19(23)18-13-26-14-22(18)20(24)16-5-3-2-4-6-16/h2-10,18H,11-14H2,1H3,(H,21,23). The molecule has 26 heavy (non-hydrogen) atoms. The molecule has 1 fully saturated rings. The van der Waals surface area contributed by atoms with Crippen molar-refractivity contribution < 1.29 is 14.3 Å². The van der Waals surface area contributed by atoms with E-state index < -0.39 is 6.04 Å². The molecule has 0 radical (unpaired) electrons. The fraction of sp³-hybridized carbons (Fsp3) is 0.300. The lowest BCUT2D eigenvalue weighted by Crippen LogP contribution is -2.48. The number of carbonyl (C=O) groups is 2. The average Bonchev–Trinajstić information content (AvgIpc) is 3.16. The summed E-state index contributed by atoms with van der Waals surface area (Å²) in [5.41, 5.74) is 1.78. The topological polar surface area (TPSA) is 58.6 Å². The minimum atomic E-state index is -0.438. The highest BCUT2D eigenvalue weighted by molar-refractivity contribution is 7.99. The Morgan fingerprint density at radius 1 is 1.15 bits per heavy atom. The first-order valence-electron chi connectivity index (χ1n) is 8.56. The molecule has 0 spiro atoms. The average molecular weight is 370 g/mol. The largest absolute Gasteiger partial charge is 0.492 e. The van der Waals surface area contributed by atoms with Crippen LogP contribution in [0.3, 0.4) is 0 Å². The first kappa shape index (κ1) is 18.3. The van der Waals surface area contributed by atoms with Crippen LogP contribution < -0.4 is 10.1 Å². The molecule has 1 unspecified atom stereocenters. The molecule has 1 heterocycles. The Morgan fingerprint density at radius 3 is 2.62 bits per heavy atom. The first-order valence-corrected chi connectivity index (χ1v) is 9.71. The fourth-order valence-corrected chi connectivity index (χ4v) is 3.86. The molecule has 1 N–H and O–H groups in total. The molecule has 1 aliphatic rings. The van der Waals surface area contributed by atoms with Gasteiger partial charge in [-0.2, -0.15) is 0 Å². The molecule has 2 amide bonds. The van der Waals surface area contributed by atoms with Gasteiger partial charge in [0.2, 0.25) is 5.91 Å². The third-order valence-electron chi connectivity index (χ3n) is 4.16. The molecule has 5 nitrogen and oxygen atoms in total. The van der Waals surface area contributed by atoms with Crippen molar-refractivity contribution in [3.63, 3.8) is 0 Å². The van der Waals surface area contributed by atoms with Gasteiger partial charge >= 0.3 is 0 Å². The lowest BCUT2D eigenvalue weighted by Gasteiger charge is -2.23. The molecular weight excluding hydrogens is 348 g/mol. The normalized spacial score (nSPS) is 16.3. The number of hydrogen-bond donors (Lipinski definition) is 1. The third-order valence-corrected chi connectivity index (χ3v) is 5.17. The van der Waals surface area contributed by atoms with E-state index in [0.717, 1.165) is 5.75 Å². The lowest BCUT2D eigenvalue weighted by molar-refractivity contribution is -0.124. The summed E-state index contributed by atoms with van der Waals surface area (Å²) in [5.74, 6) is 1.69. The summed E-state index contributed by atoms with van der Waals surface area (Å²) < 4.78 is 5.62. The van der Waals surface area contributed by atoms with E-state index in [2.05, 4.69) is 5.32 Å². The van der Waals surface area contributed by atoms with Gasteiger partial charge in [-0.25, -0.2) is 0 Å². The van der Waals surface area contributed by atoms with Crippen LogP contribution in [-0.4, -0.2) is 47.5 Å². The molecule has 0 bridgehead atoms. The highest BCUT2D eigenvalue weighted by Gasteiger charge is 2.34.